The Hall–Kier alpha value is -1.06. The van der Waals surface area contributed by atoms with Crippen LogP contribution < -0.4 is 5.32 Å². The summed E-state index contributed by atoms with van der Waals surface area (Å²) in [5.74, 6) is 0.952. The van der Waals surface area contributed by atoms with E-state index in [1.165, 1.54) is 25.7 Å². The Morgan fingerprint density at radius 2 is 1.80 bits per heavy atom. The molecule has 114 valence electrons. The fraction of sp³-hybridized carbons (Fsp3) is 0.875. The molecule has 4 heteroatoms. The zero-order valence-electron chi connectivity index (χ0n) is 13.0. The maximum Gasteiger partial charge on any atom is 0.246 e. The molecule has 1 aliphatic carbocycles. The minimum atomic E-state index is -0.313. The molecule has 0 aromatic carbocycles. The number of nitrogens with zero attached hydrogens (tertiary/aromatic N) is 1. The highest BCUT2D eigenvalue weighted by molar-refractivity contribution is 5.96. The zero-order chi connectivity index (χ0) is 14.7. The Bertz CT molecular complexity index is 361. The molecule has 4 nitrogen and oxygen atoms in total. The molecule has 2 fully saturated rings. The summed E-state index contributed by atoms with van der Waals surface area (Å²) >= 11 is 0. The molecule has 0 spiro atoms. The van der Waals surface area contributed by atoms with Crippen molar-refractivity contribution in [2.24, 2.45) is 5.92 Å². The molecule has 2 atom stereocenters. The van der Waals surface area contributed by atoms with E-state index < -0.39 is 0 Å². The van der Waals surface area contributed by atoms with E-state index >= 15 is 0 Å². The summed E-state index contributed by atoms with van der Waals surface area (Å²) in [6.45, 7) is 6.05. The van der Waals surface area contributed by atoms with Gasteiger partial charge >= 0.3 is 0 Å². The fourth-order valence-electron chi connectivity index (χ4n) is 3.74. The smallest absolute Gasteiger partial charge is 0.246 e. The van der Waals surface area contributed by atoms with Gasteiger partial charge in [-0.05, 0) is 44.9 Å². The molecule has 1 heterocycles. The maximum absolute atomic E-state index is 12.5. The van der Waals surface area contributed by atoms with Crippen LogP contribution in [-0.4, -0.2) is 34.8 Å². The minimum absolute atomic E-state index is 0.00660. The molecule has 0 aromatic rings. The number of nitrogens with one attached hydrogen (secondary N) is 1. The highest BCUT2D eigenvalue weighted by Crippen LogP contribution is 2.32. The van der Waals surface area contributed by atoms with Crippen molar-refractivity contribution in [1.29, 1.82) is 0 Å². The van der Waals surface area contributed by atoms with Crippen molar-refractivity contribution < 1.29 is 9.59 Å². The van der Waals surface area contributed by atoms with Crippen LogP contribution in [0.2, 0.25) is 0 Å². The van der Waals surface area contributed by atoms with Crippen LogP contribution in [0.5, 0.6) is 0 Å². The summed E-state index contributed by atoms with van der Waals surface area (Å²) in [5, 5.41) is 2.83. The van der Waals surface area contributed by atoms with Gasteiger partial charge in [-0.15, -0.1) is 0 Å². The van der Waals surface area contributed by atoms with Crippen LogP contribution in [0.3, 0.4) is 0 Å². The second kappa shape index (κ2) is 6.59. The Morgan fingerprint density at radius 3 is 2.35 bits per heavy atom. The van der Waals surface area contributed by atoms with Crippen molar-refractivity contribution in [3.63, 3.8) is 0 Å². The zero-order valence-corrected chi connectivity index (χ0v) is 13.0. The van der Waals surface area contributed by atoms with Crippen molar-refractivity contribution in [1.82, 2.24) is 10.2 Å². The normalized spacial score (nSPS) is 35.0. The molecular formula is C16H28N2O2. The number of amides is 2. The Balaban J connectivity index is 2.02. The number of rotatable bonds is 4. The van der Waals surface area contributed by atoms with Gasteiger partial charge in [0, 0.05) is 6.04 Å². The van der Waals surface area contributed by atoms with Gasteiger partial charge in [0.15, 0.2) is 0 Å². The van der Waals surface area contributed by atoms with E-state index in [2.05, 4.69) is 12.2 Å². The van der Waals surface area contributed by atoms with Crippen LogP contribution in [0.25, 0.3) is 0 Å². The van der Waals surface area contributed by atoms with Gasteiger partial charge in [-0.2, -0.15) is 0 Å². The molecular weight excluding hydrogens is 252 g/mol. The first kappa shape index (κ1) is 15.3. The van der Waals surface area contributed by atoms with Gasteiger partial charge < -0.3 is 10.2 Å². The number of hydrogen-bond acceptors (Lipinski definition) is 2. The molecule has 2 rings (SSSR count). The fourth-order valence-corrected chi connectivity index (χ4v) is 3.74. The summed E-state index contributed by atoms with van der Waals surface area (Å²) in [4.78, 5) is 26.4. The number of hydrogen-bond donors (Lipinski definition) is 1. The van der Waals surface area contributed by atoms with Gasteiger partial charge in [0.05, 0.1) is 0 Å². The third-order valence-electron chi connectivity index (χ3n) is 4.98. The molecule has 0 bridgehead atoms. The van der Waals surface area contributed by atoms with Crippen LogP contribution in [0.4, 0.5) is 0 Å². The summed E-state index contributed by atoms with van der Waals surface area (Å²) in [6, 6.07) is -0.351. The van der Waals surface area contributed by atoms with Crippen LogP contribution in [0.1, 0.15) is 65.7 Å². The van der Waals surface area contributed by atoms with E-state index in [4.69, 9.17) is 0 Å². The Morgan fingerprint density at radius 1 is 1.15 bits per heavy atom. The van der Waals surface area contributed by atoms with Gasteiger partial charge in [-0.3, -0.25) is 9.59 Å². The first-order chi connectivity index (χ1) is 9.58. The van der Waals surface area contributed by atoms with Crippen LogP contribution in [0.15, 0.2) is 0 Å². The lowest BCUT2D eigenvalue weighted by Gasteiger charge is -2.44. The molecule has 1 saturated carbocycles. The molecule has 1 aliphatic heterocycles. The SMILES string of the molecule is CCCC1CCC(N2C(=O)C(CC)NC(=O)C2C)CC1. The van der Waals surface area contributed by atoms with Crippen molar-refractivity contribution in [3.8, 4) is 0 Å². The lowest BCUT2D eigenvalue weighted by molar-refractivity contribution is -0.152. The van der Waals surface area contributed by atoms with Crippen molar-refractivity contribution in [2.45, 2.75) is 83.8 Å². The van der Waals surface area contributed by atoms with Crippen molar-refractivity contribution >= 4 is 11.8 Å². The minimum Gasteiger partial charge on any atom is -0.343 e. The molecule has 0 radical (unpaired) electrons. The topological polar surface area (TPSA) is 49.4 Å². The van der Waals surface area contributed by atoms with Gasteiger partial charge in [0.2, 0.25) is 11.8 Å². The largest absolute Gasteiger partial charge is 0.343 e. The van der Waals surface area contributed by atoms with Gasteiger partial charge in [0.25, 0.3) is 0 Å². The Kier molecular flexibility index (Phi) is 5.06. The van der Waals surface area contributed by atoms with Gasteiger partial charge in [-0.25, -0.2) is 0 Å². The average Bonchev–Trinajstić information content (AvgIpc) is 2.45. The summed E-state index contributed by atoms with van der Waals surface area (Å²) in [6.07, 6.45) is 7.75. The second-order valence-corrected chi connectivity index (χ2v) is 6.35. The third-order valence-corrected chi connectivity index (χ3v) is 4.98. The molecule has 1 N–H and O–H groups in total. The summed E-state index contributed by atoms with van der Waals surface area (Å²) in [7, 11) is 0. The molecule has 1 saturated heterocycles. The molecule has 2 amide bonds. The first-order valence-electron chi connectivity index (χ1n) is 8.21. The predicted octanol–water partition coefficient (Wildman–Crippen LogP) is 2.47. The van der Waals surface area contributed by atoms with Crippen molar-refractivity contribution in [2.75, 3.05) is 0 Å². The standard InChI is InChI=1S/C16H28N2O2/c1-4-6-12-7-9-13(10-8-12)18-11(3)15(19)17-14(5-2)16(18)20/h11-14H,4-10H2,1-3H3,(H,17,19). The summed E-state index contributed by atoms with van der Waals surface area (Å²) < 4.78 is 0. The third kappa shape index (κ3) is 2.99. The van der Waals surface area contributed by atoms with Gasteiger partial charge in [0.1, 0.15) is 12.1 Å². The maximum atomic E-state index is 12.5. The lowest BCUT2D eigenvalue weighted by atomic mass is 9.82. The summed E-state index contributed by atoms with van der Waals surface area (Å²) in [5.41, 5.74) is 0. The first-order valence-corrected chi connectivity index (χ1v) is 8.21. The highest BCUT2D eigenvalue weighted by Gasteiger charge is 2.41. The number of carbonyl (C=O) groups excluding carboxylic acids is 2. The highest BCUT2D eigenvalue weighted by atomic mass is 16.2. The van der Waals surface area contributed by atoms with E-state index in [-0.39, 0.29) is 29.9 Å². The molecule has 20 heavy (non-hydrogen) atoms. The quantitative estimate of drug-likeness (QED) is 0.860. The average molecular weight is 280 g/mol. The van der Waals surface area contributed by atoms with E-state index in [1.807, 2.05) is 18.7 Å². The monoisotopic (exact) mass is 280 g/mol. The van der Waals surface area contributed by atoms with E-state index in [0.717, 1.165) is 18.8 Å². The van der Waals surface area contributed by atoms with Gasteiger partial charge in [-0.1, -0.05) is 26.7 Å². The van der Waals surface area contributed by atoms with E-state index in [9.17, 15) is 9.59 Å². The van der Waals surface area contributed by atoms with Crippen molar-refractivity contribution in [3.05, 3.63) is 0 Å². The Labute approximate surface area is 122 Å². The van der Waals surface area contributed by atoms with Crippen LogP contribution in [-0.2, 0) is 9.59 Å². The molecule has 0 aromatic heterocycles. The second-order valence-electron chi connectivity index (χ2n) is 6.35. The van der Waals surface area contributed by atoms with E-state index in [1.54, 1.807) is 0 Å². The van der Waals surface area contributed by atoms with Crippen LogP contribution >= 0.6 is 0 Å². The molecule has 2 unspecified atom stereocenters. The molecule has 2 aliphatic rings. The van der Waals surface area contributed by atoms with E-state index in [0.29, 0.717) is 6.42 Å². The number of piperazine rings is 1. The predicted molar refractivity (Wildman–Crippen MR) is 79.2 cm³/mol. The lowest BCUT2D eigenvalue weighted by Crippen LogP contribution is -2.65. The number of carbonyl (C=O) groups is 2. The van der Waals surface area contributed by atoms with Crippen LogP contribution in [0, 0.1) is 5.92 Å².